The lowest BCUT2D eigenvalue weighted by Gasteiger charge is -2.14. The number of ether oxygens (including phenoxy) is 1. The summed E-state index contributed by atoms with van der Waals surface area (Å²) in [6.07, 6.45) is 0.745. The summed E-state index contributed by atoms with van der Waals surface area (Å²) in [6.45, 7) is 4.70. The number of hydrogen-bond donors (Lipinski definition) is 0. The second kappa shape index (κ2) is 6.46. The Hall–Kier alpha value is -1.06. The Morgan fingerprint density at radius 2 is 1.92 bits per heavy atom. The zero-order chi connectivity index (χ0) is 10.3. The molecule has 76 valence electrons. The summed E-state index contributed by atoms with van der Waals surface area (Å²) in [5, 5.41) is 0. The predicted octanol–water partition coefficient (Wildman–Crippen LogP) is 0.808. The molecule has 0 aromatic carbocycles. The fourth-order valence-electron chi connectivity index (χ4n) is 0.931. The molecular weight excluding hydrogens is 170 g/mol. The number of amides is 1. The van der Waals surface area contributed by atoms with Gasteiger partial charge in [0.15, 0.2) is 0 Å². The van der Waals surface area contributed by atoms with Gasteiger partial charge in [0, 0.05) is 13.6 Å². The van der Waals surface area contributed by atoms with Gasteiger partial charge in [0.2, 0.25) is 5.91 Å². The number of nitrogens with zero attached hydrogens (tertiary/aromatic N) is 1. The molecule has 0 heterocycles. The molecule has 0 atom stereocenters. The smallest absolute Gasteiger partial charge is 0.315 e. The first-order valence-corrected chi connectivity index (χ1v) is 4.51. The normalized spacial score (nSPS) is 9.46. The molecule has 0 spiro atoms. The molecule has 0 N–H and O–H groups in total. The topological polar surface area (TPSA) is 46.6 Å². The molecule has 0 aliphatic carbocycles. The van der Waals surface area contributed by atoms with Crippen LogP contribution in [0.1, 0.15) is 26.7 Å². The van der Waals surface area contributed by atoms with Crippen LogP contribution in [-0.4, -0.2) is 37.0 Å². The van der Waals surface area contributed by atoms with E-state index < -0.39 is 5.97 Å². The summed E-state index contributed by atoms with van der Waals surface area (Å²) in [4.78, 5) is 23.7. The average Bonchev–Trinajstić information content (AvgIpc) is 2.05. The molecule has 0 fully saturated rings. The van der Waals surface area contributed by atoms with Crippen molar-refractivity contribution >= 4 is 11.9 Å². The Labute approximate surface area is 78.9 Å². The standard InChI is InChI=1S/C9H17NO3/c1-4-6-10(3)8(11)7-9(12)13-5-2/h4-7H2,1-3H3. The van der Waals surface area contributed by atoms with Crippen molar-refractivity contribution in [2.75, 3.05) is 20.2 Å². The Bertz CT molecular complexity index is 180. The molecule has 0 bridgehead atoms. The third-order valence-electron chi connectivity index (χ3n) is 1.59. The van der Waals surface area contributed by atoms with E-state index in [0.717, 1.165) is 6.42 Å². The second-order valence-electron chi connectivity index (χ2n) is 2.80. The summed E-state index contributed by atoms with van der Waals surface area (Å²) in [5.74, 6) is -0.629. The highest BCUT2D eigenvalue weighted by atomic mass is 16.5. The molecule has 0 aromatic heterocycles. The van der Waals surface area contributed by atoms with Crippen LogP contribution in [0.5, 0.6) is 0 Å². The van der Waals surface area contributed by atoms with Gasteiger partial charge >= 0.3 is 5.97 Å². The minimum atomic E-state index is -0.449. The van der Waals surface area contributed by atoms with Crippen LogP contribution in [0.25, 0.3) is 0 Å². The largest absolute Gasteiger partial charge is 0.466 e. The molecule has 4 nitrogen and oxygen atoms in total. The number of rotatable bonds is 5. The van der Waals surface area contributed by atoms with Gasteiger partial charge in [-0.1, -0.05) is 6.92 Å². The first kappa shape index (κ1) is 11.9. The van der Waals surface area contributed by atoms with Crippen molar-refractivity contribution in [1.29, 1.82) is 0 Å². The molecule has 0 aliphatic heterocycles. The fraction of sp³-hybridized carbons (Fsp3) is 0.778. The van der Waals surface area contributed by atoms with Crippen LogP contribution < -0.4 is 0 Å². The SMILES string of the molecule is CCCN(C)C(=O)CC(=O)OCC. The molecular formula is C9H17NO3. The number of carbonyl (C=O) groups is 2. The highest BCUT2D eigenvalue weighted by Gasteiger charge is 2.13. The van der Waals surface area contributed by atoms with Crippen LogP contribution in [0, 0.1) is 0 Å². The third kappa shape index (κ3) is 5.22. The van der Waals surface area contributed by atoms with Gasteiger partial charge in [-0.2, -0.15) is 0 Å². The van der Waals surface area contributed by atoms with Crippen molar-refractivity contribution in [2.45, 2.75) is 26.7 Å². The van der Waals surface area contributed by atoms with E-state index in [2.05, 4.69) is 4.74 Å². The van der Waals surface area contributed by atoms with Gasteiger partial charge in [-0.05, 0) is 13.3 Å². The van der Waals surface area contributed by atoms with E-state index in [1.165, 1.54) is 4.90 Å². The van der Waals surface area contributed by atoms with E-state index in [0.29, 0.717) is 13.2 Å². The zero-order valence-electron chi connectivity index (χ0n) is 8.50. The quantitative estimate of drug-likeness (QED) is 0.472. The van der Waals surface area contributed by atoms with Gasteiger partial charge in [-0.3, -0.25) is 9.59 Å². The van der Waals surface area contributed by atoms with Gasteiger partial charge in [0.25, 0.3) is 0 Å². The van der Waals surface area contributed by atoms with E-state index in [1.54, 1.807) is 14.0 Å². The molecule has 0 unspecified atom stereocenters. The number of esters is 1. The van der Waals surface area contributed by atoms with Crippen LogP contribution in [0.2, 0.25) is 0 Å². The summed E-state index contributed by atoms with van der Waals surface area (Å²) in [7, 11) is 1.69. The summed E-state index contributed by atoms with van der Waals surface area (Å²) in [6, 6.07) is 0. The van der Waals surface area contributed by atoms with Gasteiger partial charge in [-0.25, -0.2) is 0 Å². The van der Waals surface area contributed by atoms with Crippen molar-refractivity contribution < 1.29 is 14.3 Å². The summed E-state index contributed by atoms with van der Waals surface area (Å²) in [5.41, 5.74) is 0. The van der Waals surface area contributed by atoms with E-state index in [4.69, 9.17) is 0 Å². The van der Waals surface area contributed by atoms with E-state index in [9.17, 15) is 9.59 Å². The highest BCUT2D eigenvalue weighted by molar-refractivity contribution is 5.94. The summed E-state index contributed by atoms with van der Waals surface area (Å²) >= 11 is 0. The van der Waals surface area contributed by atoms with E-state index in [1.807, 2.05) is 6.92 Å². The minimum Gasteiger partial charge on any atom is -0.466 e. The third-order valence-corrected chi connectivity index (χ3v) is 1.59. The number of hydrogen-bond acceptors (Lipinski definition) is 3. The molecule has 0 radical (unpaired) electrons. The predicted molar refractivity (Wildman–Crippen MR) is 49.2 cm³/mol. The number of carbonyl (C=O) groups excluding carboxylic acids is 2. The zero-order valence-corrected chi connectivity index (χ0v) is 8.50. The van der Waals surface area contributed by atoms with Gasteiger partial charge in [-0.15, -0.1) is 0 Å². The molecule has 0 saturated heterocycles. The van der Waals surface area contributed by atoms with Crippen LogP contribution >= 0.6 is 0 Å². The lowest BCUT2D eigenvalue weighted by molar-refractivity contribution is -0.148. The van der Waals surface area contributed by atoms with Gasteiger partial charge < -0.3 is 9.64 Å². The second-order valence-corrected chi connectivity index (χ2v) is 2.80. The first-order chi connectivity index (χ1) is 6.11. The molecule has 13 heavy (non-hydrogen) atoms. The van der Waals surface area contributed by atoms with Crippen LogP contribution in [-0.2, 0) is 14.3 Å². The van der Waals surface area contributed by atoms with Crippen LogP contribution in [0.4, 0.5) is 0 Å². The molecule has 4 heteroatoms. The lowest BCUT2D eigenvalue weighted by Crippen LogP contribution is -2.29. The maximum absolute atomic E-state index is 11.2. The first-order valence-electron chi connectivity index (χ1n) is 4.51. The van der Waals surface area contributed by atoms with Crippen molar-refractivity contribution in [1.82, 2.24) is 4.90 Å². The molecule has 1 amide bonds. The Kier molecular flexibility index (Phi) is 5.93. The van der Waals surface area contributed by atoms with Crippen molar-refractivity contribution in [3.8, 4) is 0 Å². The maximum atomic E-state index is 11.2. The molecule has 0 saturated carbocycles. The molecule has 0 aliphatic rings. The van der Waals surface area contributed by atoms with Gasteiger partial charge in [0.1, 0.15) is 6.42 Å². The average molecular weight is 187 g/mol. The van der Waals surface area contributed by atoms with E-state index >= 15 is 0 Å². The Morgan fingerprint density at radius 1 is 1.31 bits per heavy atom. The lowest BCUT2D eigenvalue weighted by atomic mass is 10.3. The highest BCUT2D eigenvalue weighted by Crippen LogP contribution is 1.94. The Morgan fingerprint density at radius 3 is 2.38 bits per heavy atom. The van der Waals surface area contributed by atoms with Crippen LogP contribution in [0.3, 0.4) is 0 Å². The monoisotopic (exact) mass is 187 g/mol. The van der Waals surface area contributed by atoms with E-state index in [-0.39, 0.29) is 12.3 Å². The van der Waals surface area contributed by atoms with Gasteiger partial charge in [0.05, 0.1) is 6.61 Å². The van der Waals surface area contributed by atoms with Crippen molar-refractivity contribution in [2.24, 2.45) is 0 Å². The summed E-state index contributed by atoms with van der Waals surface area (Å²) < 4.78 is 4.65. The van der Waals surface area contributed by atoms with Crippen molar-refractivity contribution in [3.63, 3.8) is 0 Å². The minimum absolute atomic E-state index is 0.148. The molecule has 0 aromatic rings. The maximum Gasteiger partial charge on any atom is 0.315 e. The van der Waals surface area contributed by atoms with Crippen molar-refractivity contribution in [3.05, 3.63) is 0 Å². The molecule has 0 rings (SSSR count). The van der Waals surface area contributed by atoms with Crippen LogP contribution in [0.15, 0.2) is 0 Å². The fourth-order valence-corrected chi connectivity index (χ4v) is 0.931. The Balaban J connectivity index is 3.78.